The van der Waals surface area contributed by atoms with Crippen molar-refractivity contribution in [2.75, 3.05) is 0 Å². The molecule has 4 aromatic heterocycles. The summed E-state index contributed by atoms with van der Waals surface area (Å²) >= 11 is 0. The second-order valence-electron chi connectivity index (χ2n) is 4.65. The van der Waals surface area contributed by atoms with E-state index in [4.69, 9.17) is 0 Å². The summed E-state index contributed by atoms with van der Waals surface area (Å²) in [5.74, 6) is 1.39. The fourth-order valence-electron chi connectivity index (χ4n) is 2.15. The lowest BCUT2D eigenvalue weighted by Gasteiger charge is -1.97. The van der Waals surface area contributed by atoms with Crippen molar-refractivity contribution >= 4 is 11.6 Å². The molecule has 0 bridgehead atoms. The van der Waals surface area contributed by atoms with E-state index in [-0.39, 0.29) is 0 Å². The largest absolute Gasteiger partial charge is 0.291 e. The summed E-state index contributed by atoms with van der Waals surface area (Å²) in [5, 5.41) is 0. The highest BCUT2D eigenvalue weighted by atomic mass is 15.1. The van der Waals surface area contributed by atoms with E-state index in [2.05, 4.69) is 26.0 Å². The maximum absolute atomic E-state index is 4.50. The Labute approximate surface area is 114 Å². The summed E-state index contributed by atoms with van der Waals surface area (Å²) in [6.07, 6.45) is 9.95. The predicted molar refractivity (Wildman–Crippen MR) is 72.4 cm³/mol. The average Bonchev–Trinajstić information content (AvgIpc) is 3.03. The van der Waals surface area contributed by atoms with Gasteiger partial charge in [-0.3, -0.25) is 8.80 Å². The zero-order valence-corrected chi connectivity index (χ0v) is 10.9. The number of fused-ring (bicyclic) bond motifs is 2. The first-order valence-electron chi connectivity index (χ1n) is 6.29. The molecule has 4 rings (SSSR count). The van der Waals surface area contributed by atoms with Crippen LogP contribution in [-0.2, 0) is 6.42 Å². The summed E-state index contributed by atoms with van der Waals surface area (Å²) in [6, 6.07) is 5.10. The number of aryl methyl sites for hydroxylation is 1. The fraction of sp³-hybridized carbons (Fsp3) is 0.143. The van der Waals surface area contributed by atoms with Gasteiger partial charge in [0, 0.05) is 49.2 Å². The minimum atomic E-state index is 0.617. The predicted octanol–water partition coefficient (Wildman–Crippen LogP) is 1.47. The standard InChI is InChI=1S/C14H11N6/c1-10-2-5-20-9-12(18-14(20)16-10)8-11-3-6-19-7-4-15-13(19)17-11/h2,4-7,9H,8H2,1H3. The van der Waals surface area contributed by atoms with E-state index < -0.39 is 0 Å². The van der Waals surface area contributed by atoms with Gasteiger partial charge in [-0.1, -0.05) is 0 Å². The molecule has 0 aliphatic rings. The lowest BCUT2D eigenvalue weighted by Crippen LogP contribution is -1.96. The molecule has 20 heavy (non-hydrogen) atoms. The molecule has 4 aromatic rings. The van der Waals surface area contributed by atoms with Crippen LogP contribution in [0.1, 0.15) is 17.1 Å². The second-order valence-corrected chi connectivity index (χ2v) is 4.65. The van der Waals surface area contributed by atoms with Crippen LogP contribution in [-0.4, -0.2) is 28.7 Å². The molecule has 6 nitrogen and oxygen atoms in total. The molecule has 0 atom stereocenters. The van der Waals surface area contributed by atoms with Gasteiger partial charge in [0.15, 0.2) is 0 Å². The first-order valence-corrected chi connectivity index (χ1v) is 6.29. The third-order valence-electron chi connectivity index (χ3n) is 3.12. The third kappa shape index (κ3) is 1.82. The van der Waals surface area contributed by atoms with E-state index in [0.29, 0.717) is 18.0 Å². The van der Waals surface area contributed by atoms with Crippen LogP contribution in [0.25, 0.3) is 11.6 Å². The lowest BCUT2D eigenvalue weighted by atomic mass is 10.2. The van der Waals surface area contributed by atoms with Gasteiger partial charge in [0.1, 0.15) is 0 Å². The van der Waals surface area contributed by atoms with Crippen LogP contribution < -0.4 is 0 Å². The quantitative estimate of drug-likeness (QED) is 0.549. The Morgan fingerprint density at radius 2 is 2.05 bits per heavy atom. The van der Waals surface area contributed by atoms with Gasteiger partial charge in [-0.25, -0.2) is 19.9 Å². The van der Waals surface area contributed by atoms with Gasteiger partial charge in [0.2, 0.25) is 11.6 Å². The molecule has 0 N–H and O–H groups in total. The zero-order chi connectivity index (χ0) is 13.5. The minimum Gasteiger partial charge on any atom is -0.291 e. The second kappa shape index (κ2) is 4.12. The molecule has 97 valence electrons. The first-order chi connectivity index (χ1) is 9.78. The Morgan fingerprint density at radius 1 is 1.10 bits per heavy atom. The summed E-state index contributed by atoms with van der Waals surface area (Å²) in [7, 11) is 0. The maximum Gasteiger partial charge on any atom is 0.234 e. The molecular weight excluding hydrogens is 252 g/mol. The molecule has 0 aromatic carbocycles. The summed E-state index contributed by atoms with van der Waals surface area (Å²) in [5.41, 5.74) is 2.70. The Balaban J connectivity index is 1.72. The lowest BCUT2D eigenvalue weighted by molar-refractivity contribution is 0.990. The van der Waals surface area contributed by atoms with Gasteiger partial charge in [0.05, 0.1) is 11.4 Å². The van der Waals surface area contributed by atoms with Crippen molar-refractivity contribution in [2.45, 2.75) is 13.3 Å². The number of imidazole rings is 2. The summed E-state index contributed by atoms with van der Waals surface area (Å²) < 4.78 is 3.74. The fourth-order valence-corrected chi connectivity index (χ4v) is 2.15. The number of rotatable bonds is 2. The number of hydrogen-bond donors (Lipinski definition) is 0. The van der Waals surface area contributed by atoms with E-state index in [1.165, 1.54) is 0 Å². The number of aromatic nitrogens is 6. The van der Waals surface area contributed by atoms with Crippen LogP contribution in [0.3, 0.4) is 0 Å². The molecule has 4 heterocycles. The van der Waals surface area contributed by atoms with Crippen LogP contribution in [0.15, 0.2) is 37.1 Å². The summed E-state index contributed by atoms with van der Waals surface area (Å²) in [4.78, 5) is 17.5. The smallest absolute Gasteiger partial charge is 0.234 e. The SMILES string of the molecule is Cc1ccn2cc(Cc3[c]cn4ccnc4n3)nc2n1. The molecule has 6 heteroatoms. The van der Waals surface area contributed by atoms with Crippen molar-refractivity contribution in [3.8, 4) is 0 Å². The van der Waals surface area contributed by atoms with Crippen LogP contribution in [0.2, 0.25) is 0 Å². The molecule has 0 saturated heterocycles. The molecule has 0 unspecified atom stereocenters. The zero-order valence-electron chi connectivity index (χ0n) is 10.9. The van der Waals surface area contributed by atoms with E-state index >= 15 is 0 Å². The van der Waals surface area contributed by atoms with Crippen molar-refractivity contribution in [3.05, 3.63) is 60.2 Å². The Morgan fingerprint density at radius 3 is 3.00 bits per heavy atom. The minimum absolute atomic E-state index is 0.617. The third-order valence-corrected chi connectivity index (χ3v) is 3.12. The summed E-state index contributed by atoms with van der Waals surface area (Å²) in [6.45, 7) is 1.95. The average molecular weight is 263 g/mol. The topological polar surface area (TPSA) is 60.4 Å². The van der Waals surface area contributed by atoms with Gasteiger partial charge >= 0.3 is 0 Å². The van der Waals surface area contributed by atoms with Gasteiger partial charge in [-0.15, -0.1) is 0 Å². The van der Waals surface area contributed by atoms with Crippen molar-refractivity contribution < 1.29 is 0 Å². The normalized spacial score (nSPS) is 11.4. The van der Waals surface area contributed by atoms with Crippen LogP contribution in [0.4, 0.5) is 0 Å². The Kier molecular flexibility index (Phi) is 2.29. The Hall–Kier alpha value is -2.76. The molecule has 0 aliphatic carbocycles. The molecule has 0 aliphatic heterocycles. The van der Waals surface area contributed by atoms with Crippen LogP contribution in [0, 0.1) is 13.0 Å². The van der Waals surface area contributed by atoms with Gasteiger partial charge in [0.25, 0.3) is 0 Å². The first kappa shape index (κ1) is 11.1. The van der Waals surface area contributed by atoms with Crippen LogP contribution in [0.5, 0.6) is 0 Å². The van der Waals surface area contributed by atoms with E-state index in [0.717, 1.165) is 17.1 Å². The van der Waals surface area contributed by atoms with E-state index in [1.54, 1.807) is 6.20 Å². The molecule has 1 radical (unpaired) electrons. The highest BCUT2D eigenvalue weighted by molar-refractivity contribution is 5.34. The number of nitrogens with zero attached hydrogens (tertiary/aromatic N) is 6. The Bertz CT molecular complexity index is 904. The van der Waals surface area contributed by atoms with Crippen molar-refractivity contribution in [1.29, 1.82) is 0 Å². The van der Waals surface area contributed by atoms with Crippen molar-refractivity contribution in [1.82, 2.24) is 28.7 Å². The van der Waals surface area contributed by atoms with Crippen LogP contribution >= 0.6 is 0 Å². The van der Waals surface area contributed by atoms with Gasteiger partial charge < -0.3 is 0 Å². The molecule has 0 fully saturated rings. The molecule has 0 spiro atoms. The van der Waals surface area contributed by atoms with Gasteiger partial charge in [-0.05, 0) is 13.0 Å². The number of hydrogen-bond acceptors (Lipinski definition) is 4. The highest BCUT2D eigenvalue weighted by Gasteiger charge is 2.06. The molecule has 0 saturated carbocycles. The van der Waals surface area contributed by atoms with E-state index in [9.17, 15) is 0 Å². The van der Waals surface area contributed by atoms with E-state index in [1.807, 2.05) is 46.6 Å². The maximum atomic E-state index is 4.50. The van der Waals surface area contributed by atoms with Crippen molar-refractivity contribution in [2.24, 2.45) is 0 Å². The van der Waals surface area contributed by atoms with Crippen molar-refractivity contribution in [3.63, 3.8) is 0 Å². The highest BCUT2D eigenvalue weighted by Crippen LogP contribution is 2.09. The van der Waals surface area contributed by atoms with Gasteiger partial charge in [-0.2, -0.15) is 0 Å². The monoisotopic (exact) mass is 263 g/mol. The molecule has 0 amide bonds. The molecular formula is C14H11N6.